The molecular weight excluding hydrogens is 496 g/mol. The summed E-state index contributed by atoms with van der Waals surface area (Å²) in [7, 11) is -3.88. The number of nitrogen functional groups attached to an aromatic ring is 1. The Kier molecular flexibility index (Phi) is 8.84. The summed E-state index contributed by atoms with van der Waals surface area (Å²) in [4.78, 5) is 16.6. The molecule has 0 saturated carbocycles. The molecule has 35 heavy (non-hydrogen) atoms. The first-order valence-corrected chi connectivity index (χ1v) is 11.2. The Hall–Kier alpha value is -3.62. The third kappa shape index (κ3) is 7.70. The average Bonchev–Trinajstić information content (AvgIpc) is 2.78. The van der Waals surface area contributed by atoms with E-state index in [1.807, 2.05) is 0 Å². The third-order valence-electron chi connectivity index (χ3n) is 4.25. The quantitative estimate of drug-likeness (QED) is 0.365. The maximum Gasteiger partial charge on any atom is 0.490 e. The Morgan fingerprint density at radius 3 is 2.17 bits per heavy atom. The SMILES string of the molecule is C[C@H](O)CNS(=O)(=O)c1ccccc1-c1ccc(-c2cnc(N)nc2)c(F)c1.O=C(O)C(F)(F)F. The largest absolute Gasteiger partial charge is 0.490 e. The zero-order chi connectivity index (χ0) is 26.4. The van der Waals surface area contributed by atoms with Crippen LogP contribution < -0.4 is 10.5 Å². The number of aliphatic hydroxyl groups excluding tert-OH is 1. The van der Waals surface area contributed by atoms with Crippen LogP contribution in [0.2, 0.25) is 0 Å². The van der Waals surface area contributed by atoms with E-state index in [1.165, 1.54) is 37.5 Å². The number of halogens is 4. The molecule has 9 nitrogen and oxygen atoms in total. The van der Waals surface area contributed by atoms with Crippen LogP contribution in [0.5, 0.6) is 0 Å². The van der Waals surface area contributed by atoms with Crippen LogP contribution in [0, 0.1) is 5.82 Å². The summed E-state index contributed by atoms with van der Waals surface area (Å²) in [6.07, 6.45) is -3.08. The number of nitrogens with zero attached hydrogens (tertiary/aromatic N) is 2. The van der Waals surface area contributed by atoms with Crippen molar-refractivity contribution in [3.8, 4) is 22.3 Å². The van der Waals surface area contributed by atoms with Gasteiger partial charge in [-0.3, -0.25) is 0 Å². The van der Waals surface area contributed by atoms with Crippen molar-refractivity contribution in [1.29, 1.82) is 0 Å². The van der Waals surface area contributed by atoms with Gasteiger partial charge in [0.05, 0.1) is 11.0 Å². The molecule has 0 bridgehead atoms. The molecule has 3 rings (SSSR count). The molecule has 0 aliphatic heterocycles. The minimum absolute atomic E-state index is 0.00128. The number of hydrogen-bond acceptors (Lipinski definition) is 7. The number of anilines is 1. The molecule has 14 heteroatoms. The minimum Gasteiger partial charge on any atom is -0.475 e. The number of carboxylic acid groups (broad SMARTS) is 1. The number of aliphatic hydroxyl groups is 1. The Bertz CT molecular complexity index is 1280. The van der Waals surface area contributed by atoms with Crippen molar-refractivity contribution in [1.82, 2.24) is 14.7 Å². The van der Waals surface area contributed by atoms with E-state index in [0.29, 0.717) is 16.7 Å². The summed E-state index contributed by atoms with van der Waals surface area (Å²) >= 11 is 0. The molecule has 1 aromatic heterocycles. The second-order valence-corrected chi connectivity index (χ2v) is 8.76. The summed E-state index contributed by atoms with van der Waals surface area (Å²) in [5.41, 5.74) is 6.93. The molecule has 0 unspecified atom stereocenters. The fourth-order valence-electron chi connectivity index (χ4n) is 2.64. The van der Waals surface area contributed by atoms with E-state index in [9.17, 15) is 31.1 Å². The van der Waals surface area contributed by atoms with Crippen LogP contribution in [0.15, 0.2) is 59.8 Å². The molecule has 0 aliphatic carbocycles. The molecule has 2 aromatic carbocycles. The van der Waals surface area contributed by atoms with Gasteiger partial charge in [-0.05, 0) is 24.6 Å². The number of carboxylic acids is 1. The molecular formula is C21H20F4N4O5S. The lowest BCUT2D eigenvalue weighted by Crippen LogP contribution is -2.31. The molecule has 188 valence electrons. The first-order chi connectivity index (χ1) is 16.2. The first kappa shape index (κ1) is 27.6. The number of aliphatic carboxylic acids is 1. The Morgan fingerprint density at radius 2 is 1.66 bits per heavy atom. The van der Waals surface area contributed by atoms with Gasteiger partial charge in [-0.15, -0.1) is 0 Å². The summed E-state index contributed by atoms with van der Waals surface area (Å²) in [5, 5.41) is 16.5. The molecule has 0 radical (unpaired) electrons. The van der Waals surface area contributed by atoms with Gasteiger partial charge in [0.2, 0.25) is 16.0 Å². The van der Waals surface area contributed by atoms with Crippen molar-refractivity contribution in [3.05, 3.63) is 60.7 Å². The van der Waals surface area contributed by atoms with Crippen LogP contribution in [0.25, 0.3) is 22.3 Å². The van der Waals surface area contributed by atoms with E-state index in [2.05, 4.69) is 14.7 Å². The normalized spacial score (nSPS) is 12.4. The van der Waals surface area contributed by atoms with Gasteiger partial charge in [0.25, 0.3) is 0 Å². The average molecular weight is 516 g/mol. The number of rotatable bonds is 6. The number of alkyl halides is 3. The highest BCUT2D eigenvalue weighted by Gasteiger charge is 2.38. The van der Waals surface area contributed by atoms with E-state index in [4.69, 9.17) is 15.6 Å². The minimum atomic E-state index is -5.08. The molecule has 3 aromatic rings. The van der Waals surface area contributed by atoms with Gasteiger partial charge >= 0.3 is 12.1 Å². The van der Waals surface area contributed by atoms with Gasteiger partial charge in [0, 0.05) is 35.6 Å². The monoisotopic (exact) mass is 516 g/mol. The molecule has 0 spiro atoms. The maximum atomic E-state index is 14.7. The standard InChI is InChI=1S/C19H19FN4O3S.C2HF3O2/c1-12(25)9-24-28(26,27)18-5-3-2-4-16(18)13-6-7-15(17(20)8-13)14-10-22-19(21)23-11-14;3-2(4,5)1(6)7/h2-8,10-12,24-25H,9H2,1H3,(H2,21,22,23);(H,6,7)/t12-;/m0./s1. The number of sulfonamides is 1. The van der Waals surface area contributed by atoms with Crippen molar-refractivity contribution in [2.75, 3.05) is 12.3 Å². The van der Waals surface area contributed by atoms with Crippen LogP contribution in [0.1, 0.15) is 6.92 Å². The molecule has 1 heterocycles. The van der Waals surface area contributed by atoms with Gasteiger partial charge in [-0.2, -0.15) is 13.2 Å². The summed E-state index contributed by atoms with van der Waals surface area (Å²) < 4.78 is 74.0. The number of benzene rings is 2. The van der Waals surface area contributed by atoms with Crippen LogP contribution in [-0.2, 0) is 14.8 Å². The van der Waals surface area contributed by atoms with E-state index < -0.39 is 34.1 Å². The lowest BCUT2D eigenvalue weighted by atomic mass is 10.0. The van der Waals surface area contributed by atoms with Gasteiger partial charge in [-0.25, -0.2) is 32.3 Å². The van der Waals surface area contributed by atoms with Crippen molar-refractivity contribution in [2.45, 2.75) is 24.1 Å². The van der Waals surface area contributed by atoms with E-state index in [1.54, 1.807) is 24.3 Å². The molecule has 0 fully saturated rings. The number of nitrogens with one attached hydrogen (secondary N) is 1. The Balaban J connectivity index is 0.000000540. The number of aromatic nitrogens is 2. The van der Waals surface area contributed by atoms with Crippen LogP contribution in [0.4, 0.5) is 23.5 Å². The summed E-state index contributed by atoms with van der Waals surface area (Å²) in [6.45, 7) is 1.35. The fourth-order valence-corrected chi connectivity index (χ4v) is 3.99. The van der Waals surface area contributed by atoms with Crippen molar-refractivity contribution >= 4 is 21.9 Å². The predicted octanol–water partition coefficient (Wildman–Crippen LogP) is 2.82. The highest BCUT2D eigenvalue weighted by atomic mass is 32.2. The van der Waals surface area contributed by atoms with Crippen molar-refractivity contribution in [2.24, 2.45) is 0 Å². The van der Waals surface area contributed by atoms with E-state index >= 15 is 0 Å². The van der Waals surface area contributed by atoms with Gasteiger partial charge in [0.15, 0.2) is 0 Å². The molecule has 5 N–H and O–H groups in total. The van der Waals surface area contributed by atoms with Crippen LogP contribution in [-0.4, -0.2) is 53.4 Å². The second-order valence-electron chi connectivity index (χ2n) is 7.02. The van der Waals surface area contributed by atoms with Gasteiger partial charge in [-0.1, -0.05) is 30.3 Å². The molecule has 0 aliphatic rings. The Morgan fingerprint density at radius 1 is 1.09 bits per heavy atom. The maximum absolute atomic E-state index is 14.7. The third-order valence-corrected chi connectivity index (χ3v) is 5.73. The number of nitrogens with two attached hydrogens (primary N) is 1. The number of carbonyl (C=O) groups is 1. The van der Waals surface area contributed by atoms with Gasteiger partial charge in [0.1, 0.15) is 5.82 Å². The van der Waals surface area contributed by atoms with Crippen molar-refractivity contribution < 1.29 is 41.0 Å². The fraction of sp³-hybridized carbons (Fsp3) is 0.190. The highest BCUT2D eigenvalue weighted by molar-refractivity contribution is 7.89. The lowest BCUT2D eigenvalue weighted by molar-refractivity contribution is -0.192. The van der Waals surface area contributed by atoms with Crippen LogP contribution in [0.3, 0.4) is 0 Å². The number of hydrogen-bond donors (Lipinski definition) is 4. The predicted molar refractivity (Wildman–Crippen MR) is 118 cm³/mol. The Labute approximate surface area is 197 Å². The second kappa shape index (κ2) is 11.2. The lowest BCUT2D eigenvalue weighted by Gasteiger charge is -2.13. The smallest absolute Gasteiger partial charge is 0.475 e. The topological polar surface area (TPSA) is 156 Å². The van der Waals surface area contributed by atoms with E-state index in [-0.39, 0.29) is 23.0 Å². The molecule has 0 amide bonds. The summed E-state index contributed by atoms with van der Waals surface area (Å²) in [5.74, 6) is -3.22. The first-order valence-electron chi connectivity index (χ1n) is 9.67. The zero-order valence-corrected chi connectivity index (χ0v) is 18.8. The highest BCUT2D eigenvalue weighted by Crippen LogP contribution is 2.31. The van der Waals surface area contributed by atoms with Crippen LogP contribution >= 0.6 is 0 Å². The van der Waals surface area contributed by atoms with Crippen molar-refractivity contribution in [3.63, 3.8) is 0 Å². The zero-order valence-electron chi connectivity index (χ0n) is 18.0. The molecule has 1 atom stereocenters. The van der Waals surface area contributed by atoms with Gasteiger partial charge < -0.3 is 15.9 Å². The summed E-state index contributed by atoms with van der Waals surface area (Å²) in [6, 6.07) is 10.7. The molecule has 0 saturated heterocycles. The van der Waals surface area contributed by atoms with E-state index in [0.717, 1.165) is 0 Å².